The van der Waals surface area contributed by atoms with E-state index < -0.39 is 16.4 Å². The van der Waals surface area contributed by atoms with E-state index in [0.717, 1.165) is 7.05 Å². The molecule has 0 aromatic rings. The van der Waals surface area contributed by atoms with Crippen LogP contribution < -0.4 is 10.0 Å². The molecule has 3 nitrogen and oxygen atoms in total. The molecule has 9 heteroatoms. The Kier molecular flexibility index (Phi) is 1.59. The average molecular weight is 200 g/mol. The van der Waals surface area contributed by atoms with Crippen LogP contribution in [0.2, 0.25) is 0 Å². The zero-order valence-electron chi connectivity index (χ0n) is 5.21. The van der Waals surface area contributed by atoms with Gasteiger partial charge in [0.1, 0.15) is 0 Å². The van der Waals surface area contributed by atoms with Gasteiger partial charge >= 0.3 is 16.4 Å². The first-order chi connectivity index (χ1) is 4.43. The number of nitrogens with one attached hydrogen (secondary N) is 2. The largest absolute Gasteiger partial charge is 0.365 e. The number of hydrogen-bond acceptors (Lipinski definition) is 1. The van der Waals surface area contributed by atoms with Crippen molar-refractivity contribution in [2.45, 2.75) is 0 Å². The quantitative estimate of drug-likeness (QED) is 0.625. The molecule has 0 radical (unpaired) electrons. The highest BCUT2D eigenvalue weighted by molar-refractivity contribution is 8.44. The van der Waals surface area contributed by atoms with Crippen molar-refractivity contribution < 1.29 is 24.2 Å². The van der Waals surface area contributed by atoms with Crippen molar-refractivity contribution in [2.24, 2.45) is 0 Å². The number of rotatable bonds is 1. The molecule has 0 heterocycles. The van der Waals surface area contributed by atoms with Crippen LogP contribution >= 0.6 is 10.4 Å². The van der Waals surface area contributed by atoms with Gasteiger partial charge in [-0.1, -0.05) is 19.4 Å². The van der Waals surface area contributed by atoms with Gasteiger partial charge in [0.2, 0.25) is 0 Å². The number of carbonyl (C=O) groups excluding carboxylic acids is 1. The highest BCUT2D eigenvalue weighted by atomic mass is 32.5. The van der Waals surface area contributed by atoms with Crippen molar-refractivity contribution in [1.82, 2.24) is 10.0 Å². The van der Waals surface area contributed by atoms with Gasteiger partial charge in [-0.05, 0) is 0 Å². The Hall–Kier alpha value is -0.730. The summed E-state index contributed by atoms with van der Waals surface area (Å²) in [6, 6.07) is -1.98. The van der Waals surface area contributed by atoms with Gasteiger partial charge in [0.15, 0.2) is 0 Å². The fraction of sp³-hybridized carbons (Fsp3) is 0.500. The summed E-state index contributed by atoms with van der Waals surface area (Å²) >= 11 is 0. The van der Waals surface area contributed by atoms with Gasteiger partial charge in [0.05, 0.1) is 0 Å². The third kappa shape index (κ3) is 7.16. The zero-order valence-corrected chi connectivity index (χ0v) is 6.02. The van der Waals surface area contributed by atoms with Crippen LogP contribution in [0.3, 0.4) is 0 Å². The maximum atomic E-state index is 11.3. The summed E-state index contributed by atoms with van der Waals surface area (Å²) in [6.45, 7) is 0. The Bertz CT molecular complexity index is 182. The van der Waals surface area contributed by atoms with Gasteiger partial charge < -0.3 is 5.32 Å². The summed E-state index contributed by atoms with van der Waals surface area (Å²) in [6.07, 6.45) is 0. The molecule has 0 aliphatic heterocycles. The van der Waals surface area contributed by atoms with Crippen molar-refractivity contribution in [3.8, 4) is 0 Å². The van der Waals surface area contributed by atoms with Crippen molar-refractivity contribution >= 4 is 16.4 Å². The summed E-state index contributed by atoms with van der Waals surface area (Å²) in [4.78, 5) is 9.85. The molecule has 0 aromatic heterocycles. The molecule has 0 saturated carbocycles. The lowest BCUT2D eigenvalue weighted by molar-refractivity contribution is 0.241. The molecule has 0 unspecified atom stereocenters. The Morgan fingerprint density at radius 2 is 1.55 bits per heavy atom. The molecule has 0 atom stereocenters. The van der Waals surface area contributed by atoms with Crippen LogP contribution in [0.25, 0.3) is 0 Å². The molecule has 0 aliphatic rings. The lowest BCUT2D eigenvalue weighted by atomic mass is 11.0. The monoisotopic (exact) mass is 200 g/mol. The molecule has 0 rings (SSSR count). The number of amides is 2. The fourth-order valence-corrected chi connectivity index (χ4v) is 0.679. The summed E-state index contributed by atoms with van der Waals surface area (Å²) in [5.74, 6) is 0. The van der Waals surface area contributed by atoms with Crippen LogP contribution in [0.4, 0.5) is 24.2 Å². The van der Waals surface area contributed by atoms with E-state index in [-0.39, 0.29) is 4.72 Å². The zero-order chi connectivity index (χ0) is 9.40. The summed E-state index contributed by atoms with van der Waals surface area (Å²) in [5, 5.41) is 1.35. The molecule has 0 spiro atoms. The summed E-state index contributed by atoms with van der Waals surface area (Å²) in [5.41, 5.74) is 0. The number of hydrogen-bond donors (Lipinski definition) is 2. The van der Waals surface area contributed by atoms with Gasteiger partial charge in [-0.2, -0.15) is 0 Å². The third-order valence-electron chi connectivity index (χ3n) is 0.513. The normalized spacial score (nSPS) is 18.0. The van der Waals surface area contributed by atoms with E-state index in [9.17, 15) is 24.2 Å². The van der Waals surface area contributed by atoms with Crippen LogP contribution in [-0.2, 0) is 0 Å². The summed E-state index contributed by atoms with van der Waals surface area (Å²) < 4.78 is 56.1. The van der Waals surface area contributed by atoms with Crippen LogP contribution in [0, 0.1) is 0 Å². The first-order valence-corrected chi connectivity index (χ1v) is 4.13. The Balaban J connectivity index is 4.51. The predicted molar refractivity (Wildman–Crippen MR) is 30.7 cm³/mol. The van der Waals surface area contributed by atoms with Gasteiger partial charge in [-0.3, -0.25) is 0 Å². The van der Waals surface area contributed by atoms with Gasteiger partial charge in [0, 0.05) is 7.05 Å². The molecular formula is C2H5F5N2OS. The second-order valence-corrected chi connectivity index (χ2v) is 3.79. The van der Waals surface area contributed by atoms with Crippen LogP contribution in [-0.4, -0.2) is 13.1 Å². The standard InChI is InChI=1S/C2H5F5N2OS/c1-8-2(10)9-11(3,4,5,6)7/h1H3,(H2,8,9,10). The van der Waals surface area contributed by atoms with Gasteiger partial charge in [-0.15, -0.1) is 0 Å². The second-order valence-electron chi connectivity index (χ2n) is 1.65. The minimum absolute atomic E-state index is 0.344. The molecule has 2 N–H and O–H groups in total. The molecule has 0 fully saturated rings. The predicted octanol–water partition coefficient (Wildman–Crippen LogP) is 2.13. The average Bonchev–Trinajstić information content (AvgIpc) is 1.57. The van der Waals surface area contributed by atoms with E-state index >= 15 is 0 Å². The van der Waals surface area contributed by atoms with Gasteiger partial charge in [-0.25, -0.2) is 9.52 Å². The molecule has 0 aliphatic carbocycles. The minimum Gasteiger partial charge on any atom is -0.340 e. The van der Waals surface area contributed by atoms with E-state index in [1.165, 1.54) is 5.32 Å². The maximum Gasteiger partial charge on any atom is 0.365 e. The minimum atomic E-state index is -9.79. The summed E-state index contributed by atoms with van der Waals surface area (Å²) in [7, 11) is -9.00. The van der Waals surface area contributed by atoms with E-state index in [0.29, 0.717) is 0 Å². The van der Waals surface area contributed by atoms with E-state index in [4.69, 9.17) is 0 Å². The highest BCUT2D eigenvalue weighted by Gasteiger charge is 2.65. The van der Waals surface area contributed by atoms with E-state index in [2.05, 4.69) is 0 Å². The maximum absolute atomic E-state index is 11.3. The molecular weight excluding hydrogens is 195 g/mol. The van der Waals surface area contributed by atoms with Crippen molar-refractivity contribution in [2.75, 3.05) is 7.05 Å². The van der Waals surface area contributed by atoms with Crippen LogP contribution in [0.5, 0.6) is 0 Å². The third-order valence-corrected chi connectivity index (χ3v) is 1.08. The Labute approximate surface area is 58.8 Å². The molecule has 0 bridgehead atoms. The lowest BCUT2D eigenvalue weighted by Gasteiger charge is -2.39. The number of carbonyl (C=O) groups is 1. The molecule has 0 aromatic carbocycles. The van der Waals surface area contributed by atoms with Crippen molar-refractivity contribution in [3.05, 3.63) is 0 Å². The first kappa shape index (κ1) is 10.3. The molecule has 2 amide bonds. The topological polar surface area (TPSA) is 41.1 Å². The van der Waals surface area contributed by atoms with Crippen LogP contribution in [0.1, 0.15) is 0 Å². The van der Waals surface area contributed by atoms with E-state index in [1.54, 1.807) is 0 Å². The van der Waals surface area contributed by atoms with Gasteiger partial charge in [0.25, 0.3) is 0 Å². The van der Waals surface area contributed by atoms with Crippen LogP contribution in [0.15, 0.2) is 0 Å². The lowest BCUT2D eigenvalue weighted by Crippen LogP contribution is -2.39. The first-order valence-electron chi connectivity index (χ1n) is 2.18. The second kappa shape index (κ2) is 1.71. The number of halogens is 5. The number of urea groups is 1. The van der Waals surface area contributed by atoms with Crippen molar-refractivity contribution in [3.63, 3.8) is 0 Å². The highest BCUT2D eigenvalue weighted by Crippen LogP contribution is 2.94. The smallest absolute Gasteiger partial charge is 0.340 e. The Morgan fingerprint density at radius 3 is 1.64 bits per heavy atom. The Morgan fingerprint density at radius 1 is 1.18 bits per heavy atom. The molecule has 70 valence electrons. The van der Waals surface area contributed by atoms with Crippen molar-refractivity contribution in [1.29, 1.82) is 0 Å². The van der Waals surface area contributed by atoms with E-state index in [1.807, 2.05) is 0 Å². The fourth-order valence-electron chi connectivity index (χ4n) is 0.226. The molecule has 0 saturated heterocycles. The molecule has 11 heavy (non-hydrogen) atoms. The SMILES string of the molecule is CNC(=O)NS(F)(F)(F)(F)F.